The van der Waals surface area contributed by atoms with Crippen LogP contribution in [0, 0.1) is 5.92 Å². The summed E-state index contributed by atoms with van der Waals surface area (Å²) in [6.07, 6.45) is 7.44. The summed E-state index contributed by atoms with van der Waals surface area (Å²) in [5, 5.41) is 8.94. The standard InChI is InChI=1S/C27H28N4O3S/c1-30-7-5-17(13-30)20-11-21-25(12-24(20)33-2)34-14-22-26(23(32)10-16-3-4-18(28)9-16)29-31(27(21)22)19-6-8-35-15-19/h5-8,11-13,15-16,18H,3-4,9-10,14,28H2,1-2H3/t16?,18-/m0/s1. The van der Waals surface area contributed by atoms with Crippen LogP contribution in [0.1, 0.15) is 41.7 Å². The van der Waals surface area contributed by atoms with Gasteiger partial charge < -0.3 is 19.8 Å². The molecular weight excluding hydrogens is 460 g/mol. The van der Waals surface area contributed by atoms with Crippen molar-refractivity contribution in [3.8, 4) is 39.6 Å². The molecule has 1 saturated carbocycles. The predicted octanol–water partition coefficient (Wildman–Crippen LogP) is 5.21. The van der Waals surface area contributed by atoms with Gasteiger partial charge in [0.25, 0.3) is 0 Å². The Kier molecular flexibility index (Phi) is 5.50. The number of Topliss-reactive ketones (excluding diaryl/α,β-unsaturated/α-hetero) is 1. The van der Waals surface area contributed by atoms with Gasteiger partial charge in [-0.3, -0.25) is 4.79 Å². The Bertz CT molecular complexity index is 1400. The number of methoxy groups -OCH3 is 1. The molecule has 1 aromatic carbocycles. The summed E-state index contributed by atoms with van der Waals surface area (Å²) in [4.78, 5) is 13.5. The van der Waals surface area contributed by atoms with E-state index in [4.69, 9.17) is 20.3 Å². The molecule has 0 spiro atoms. The number of hydrogen-bond donors (Lipinski definition) is 1. The molecule has 1 unspecified atom stereocenters. The fraction of sp³-hybridized carbons (Fsp3) is 0.333. The van der Waals surface area contributed by atoms with Gasteiger partial charge >= 0.3 is 0 Å². The first-order valence-corrected chi connectivity index (χ1v) is 12.9. The van der Waals surface area contributed by atoms with Crippen LogP contribution in [-0.2, 0) is 13.7 Å². The van der Waals surface area contributed by atoms with Gasteiger partial charge in [-0.15, -0.1) is 0 Å². The summed E-state index contributed by atoms with van der Waals surface area (Å²) in [7, 11) is 3.67. The Morgan fingerprint density at radius 1 is 1.29 bits per heavy atom. The number of thiophene rings is 1. The van der Waals surface area contributed by atoms with Crippen molar-refractivity contribution in [2.75, 3.05) is 7.11 Å². The van der Waals surface area contributed by atoms with Crippen LogP contribution in [0.2, 0.25) is 0 Å². The lowest BCUT2D eigenvalue weighted by Crippen LogP contribution is -2.16. The minimum Gasteiger partial charge on any atom is -0.496 e. The molecule has 180 valence electrons. The zero-order valence-electron chi connectivity index (χ0n) is 19.9. The maximum atomic E-state index is 13.5. The molecule has 8 heteroatoms. The number of carbonyl (C=O) groups excluding carboxylic acids is 1. The van der Waals surface area contributed by atoms with E-state index in [0.717, 1.165) is 64.4 Å². The van der Waals surface area contributed by atoms with Gasteiger partial charge in [-0.05, 0) is 48.8 Å². The van der Waals surface area contributed by atoms with E-state index < -0.39 is 0 Å². The van der Waals surface area contributed by atoms with Gasteiger partial charge in [-0.2, -0.15) is 16.4 Å². The van der Waals surface area contributed by atoms with Crippen LogP contribution in [0.3, 0.4) is 0 Å². The lowest BCUT2D eigenvalue weighted by atomic mass is 9.94. The van der Waals surface area contributed by atoms with Gasteiger partial charge in [0.2, 0.25) is 0 Å². The molecule has 7 nitrogen and oxygen atoms in total. The first-order valence-electron chi connectivity index (χ1n) is 11.9. The third-order valence-electron chi connectivity index (χ3n) is 7.13. The van der Waals surface area contributed by atoms with Crippen molar-refractivity contribution >= 4 is 17.1 Å². The van der Waals surface area contributed by atoms with Crippen molar-refractivity contribution in [2.45, 2.75) is 38.3 Å². The van der Waals surface area contributed by atoms with Crippen molar-refractivity contribution in [1.82, 2.24) is 14.3 Å². The molecule has 2 aliphatic rings. The number of fused-ring (bicyclic) bond motifs is 3. The molecule has 4 heterocycles. The average Bonchev–Trinajstić information content (AvgIpc) is 3.65. The van der Waals surface area contributed by atoms with Crippen molar-refractivity contribution in [3.63, 3.8) is 0 Å². The van der Waals surface area contributed by atoms with Crippen LogP contribution in [0.25, 0.3) is 28.1 Å². The van der Waals surface area contributed by atoms with Crippen molar-refractivity contribution in [1.29, 1.82) is 0 Å². The minimum atomic E-state index is 0.0678. The second-order valence-electron chi connectivity index (χ2n) is 9.54. The second kappa shape index (κ2) is 8.70. The lowest BCUT2D eigenvalue weighted by Gasteiger charge is -2.22. The Morgan fingerprint density at radius 2 is 2.17 bits per heavy atom. The van der Waals surface area contributed by atoms with E-state index in [-0.39, 0.29) is 11.8 Å². The molecule has 0 amide bonds. The molecule has 6 rings (SSSR count). The Hall–Kier alpha value is -3.36. The van der Waals surface area contributed by atoms with E-state index in [1.165, 1.54) is 0 Å². The van der Waals surface area contributed by atoms with Crippen LogP contribution < -0.4 is 15.2 Å². The molecule has 2 atom stereocenters. The number of ether oxygens (including phenoxy) is 2. The van der Waals surface area contributed by atoms with Gasteiger partial charge in [0.15, 0.2) is 5.78 Å². The zero-order valence-corrected chi connectivity index (χ0v) is 20.7. The quantitative estimate of drug-likeness (QED) is 0.377. The molecule has 35 heavy (non-hydrogen) atoms. The van der Waals surface area contributed by atoms with Crippen molar-refractivity contribution < 1.29 is 14.3 Å². The largest absolute Gasteiger partial charge is 0.496 e. The molecule has 1 aliphatic carbocycles. The van der Waals surface area contributed by atoms with Crippen molar-refractivity contribution in [2.24, 2.45) is 18.7 Å². The smallest absolute Gasteiger partial charge is 0.183 e. The van der Waals surface area contributed by atoms with Gasteiger partial charge in [0.1, 0.15) is 23.8 Å². The molecule has 4 aromatic rings. The first-order chi connectivity index (χ1) is 17.0. The van der Waals surface area contributed by atoms with Crippen LogP contribution in [0.5, 0.6) is 11.5 Å². The highest BCUT2D eigenvalue weighted by Gasteiger charge is 2.33. The van der Waals surface area contributed by atoms with Crippen LogP contribution in [0.15, 0.2) is 47.4 Å². The molecule has 1 fully saturated rings. The topological polar surface area (TPSA) is 84.3 Å². The van der Waals surface area contributed by atoms with Crippen LogP contribution in [-0.4, -0.2) is 33.3 Å². The second-order valence-corrected chi connectivity index (χ2v) is 10.3. The predicted molar refractivity (Wildman–Crippen MR) is 136 cm³/mol. The molecule has 0 bridgehead atoms. The number of aromatic nitrogens is 3. The van der Waals surface area contributed by atoms with Crippen molar-refractivity contribution in [3.05, 3.63) is 58.7 Å². The number of nitrogens with zero attached hydrogens (tertiary/aromatic N) is 3. The third-order valence-corrected chi connectivity index (χ3v) is 7.80. The molecule has 2 N–H and O–H groups in total. The summed E-state index contributed by atoms with van der Waals surface area (Å²) >= 11 is 1.61. The van der Waals surface area contributed by atoms with E-state index in [1.807, 2.05) is 45.4 Å². The number of hydrogen-bond acceptors (Lipinski definition) is 6. The average molecular weight is 489 g/mol. The minimum absolute atomic E-state index is 0.0678. The number of rotatable bonds is 6. The number of carbonyl (C=O) groups is 1. The summed E-state index contributed by atoms with van der Waals surface area (Å²) in [6.45, 7) is 0.297. The van der Waals surface area contributed by atoms with E-state index in [2.05, 4.69) is 18.3 Å². The number of nitrogens with two attached hydrogens (primary N) is 1. The first kappa shape index (κ1) is 22.1. The fourth-order valence-corrected chi connectivity index (χ4v) is 6.00. The molecule has 0 radical (unpaired) electrons. The lowest BCUT2D eigenvalue weighted by molar-refractivity contribution is 0.0954. The maximum absolute atomic E-state index is 13.5. The van der Waals surface area contributed by atoms with Crippen LogP contribution in [0.4, 0.5) is 0 Å². The fourth-order valence-electron chi connectivity index (χ4n) is 5.38. The van der Waals surface area contributed by atoms with Gasteiger partial charge in [0, 0.05) is 65.6 Å². The van der Waals surface area contributed by atoms with E-state index in [0.29, 0.717) is 24.6 Å². The van der Waals surface area contributed by atoms with E-state index in [1.54, 1.807) is 18.4 Å². The highest BCUT2D eigenvalue weighted by Crippen LogP contribution is 2.46. The summed E-state index contributed by atoms with van der Waals surface area (Å²) in [5.74, 6) is 1.86. The Morgan fingerprint density at radius 3 is 2.86 bits per heavy atom. The molecule has 0 saturated heterocycles. The van der Waals surface area contributed by atoms with E-state index in [9.17, 15) is 4.79 Å². The van der Waals surface area contributed by atoms with Gasteiger partial charge in [0.05, 0.1) is 18.5 Å². The van der Waals surface area contributed by atoms with E-state index >= 15 is 0 Å². The van der Waals surface area contributed by atoms with Gasteiger partial charge in [-0.1, -0.05) is 0 Å². The number of aryl methyl sites for hydroxylation is 1. The van der Waals surface area contributed by atoms with Gasteiger partial charge in [-0.25, -0.2) is 4.68 Å². The third kappa shape index (κ3) is 3.86. The normalized spacial score (nSPS) is 18.7. The van der Waals surface area contributed by atoms with Crippen LogP contribution >= 0.6 is 11.3 Å². The summed E-state index contributed by atoms with van der Waals surface area (Å²) in [5.41, 5.74) is 12.2. The summed E-state index contributed by atoms with van der Waals surface area (Å²) < 4.78 is 15.8. The molecular formula is C27H28N4O3S. The molecule has 3 aromatic heterocycles. The zero-order chi connectivity index (χ0) is 24.1. The SMILES string of the molecule is COc1cc2c(cc1-c1ccn(C)c1)-c1c(c(C(=O)CC3CC[C@H](N)C3)nn1-c1ccsc1)CO2. The monoisotopic (exact) mass is 488 g/mol. The number of benzene rings is 1. The highest BCUT2D eigenvalue weighted by molar-refractivity contribution is 7.08. The maximum Gasteiger partial charge on any atom is 0.183 e. The Balaban J connectivity index is 1.49. The molecule has 1 aliphatic heterocycles. The summed E-state index contributed by atoms with van der Waals surface area (Å²) in [6, 6.07) is 8.32. The Labute approximate surface area is 208 Å². The highest BCUT2D eigenvalue weighted by atomic mass is 32.1. The number of ketones is 1.